The van der Waals surface area contributed by atoms with Gasteiger partial charge in [-0.05, 0) is 36.5 Å². The predicted molar refractivity (Wildman–Crippen MR) is 126 cm³/mol. The van der Waals surface area contributed by atoms with Crippen LogP contribution in [0.5, 0.6) is 0 Å². The van der Waals surface area contributed by atoms with Crippen LogP contribution >= 0.6 is 34.7 Å². The molecule has 2 aliphatic heterocycles. The van der Waals surface area contributed by atoms with Crippen LogP contribution in [0.4, 0.5) is 0 Å². The van der Waals surface area contributed by atoms with Gasteiger partial charge in [-0.25, -0.2) is 0 Å². The van der Waals surface area contributed by atoms with Gasteiger partial charge in [0.05, 0.1) is 23.8 Å². The topological polar surface area (TPSA) is 61.9 Å². The molecule has 2 fully saturated rings. The van der Waals surface area contributed by atoms with Crippen molar-refractivity contribution in [3.63, 3.8) is 0 Å². The highest BCUT2D eigenvalue weighted by atomic mass is 35.5. The zero-order valence-corrected chi connectivity index (χ0v) is 19.6. The number of hydrogen-bond acceptors (Lipinski definition) is 6. The first-order chi connectivity index (χ1) is 15.1. The molecule has 2 aromatic rings. The van der Waals surface area contributed by atoms with Gasteiger partial charge in [0.15, 0.2) is 0 Å². The van der Waals surface area contributed by atoms with Crippen molar-refractivity contribution < 1.29 is 14.3 Å². The molecule has 0 aliphatic carbocycles. The number of nitrogens with zero attached hydrogens (tertiary/aromatic N) is 2. The second-order valence-corrected chi connectivity index (χ2v) is 10.0. The highest BCUT2D eigenvalue weighted by Crippen LogP contribution is 2.44. The molecule has 9 heteroatoms. The van der Waals surface area contributed by atoms with Crippen LogP contribution < -0.4 is 5.32 Å². The number of morpholine rings is 1. The first kappa shape index (κ1) is 22.6. The lowest BCUT2D eigenvalue weighted by molar-refractivity contribution is -0.124. The van der Waals surface area contributed by atoms with E-state index >= 15 is 0 Å². The van der Waals surface area contributed by atoms with Gasteiger partial charge >= 0.3 is 0 Å². The van der Waals surface area contributed by atoms with Crippen molar-refractivity contribution in [1.29, 1.82) is 0 Å². The van der Waals surface area contributed by atoms with Crippen LogP contribution in [-0.4, -0.2) is 72.8 Å². The van der Waals surface area contributed by atoms with Gasteiger partial charge in [-0.15, -0.1) is 23.1 Å². The molecular weight excluding hydrogens is 454 g/mol. The van der Waals surface area contributed by atoms with Crippen LogP contribution in [0.2, 0.25) is 5.02 Å². The third kappa shape index (κ3) is 5.43. The molecule has 2 unspecified atom stereocenters. The van der Waals surface area contributed by atoms with Crippen molar-refractivity contribution in [2.45, 2.75) is 17.8 Å². The number of carbonyl (C=O) groups is 2. The van der Waals surface area contributed by atoms with Crippen LogP contribution in [0.1, 0.15) is 27.0 Å². The van der Waals surface area contributed by atoms with Crippen molar-refractivity contribution in [2.75, 3.05) is 45.1 Å². The Kier molecular flexibility index (Phi) is 7.90. The second-order valence-electron chi connectivity index (χ2n) is 7.51. The highest BCUT2D eigenvalue weighted by Gasteiger charge is 2.43. The molecule has 2 atom stereocenters. The maximum absolute atomic E-state index is 13.5. The van der Waals surface area contributed by atoms with Crippen molar-refractivity contribution in [3.05, 3.63) is 57.2 Å². The minimum Gasteiger partial charge on any atom is -0.379 e. The number of hydrogen-bond donors (Lipinski definition) is 1. The SMILES string of the molecule is O=C(NCCCN1CCOCC1)C1CSC(c2cccs2)N1C(=O)c1ccccc1Cl. The maximum Gasteiger partial charge on any atom is 0.257 e. The average molecular weight is 480 g/mol. The molecule has 1 aromatic carbocycles. The molecule has 4 rings (SSSR count). The summed E-state index contributed by atoms with van der Waals surface area (Å²) in [6.07, 6.45) is 0.873. The largest absolute Gasteiger partial charge is 0.379 e. The molecule has 2 saturated heterocycles. The minimum atomic E-state index is -0.524. The third-order valence-electron chi connectivity index (χ3n) is 5.48. The third-order valence-corrected chi connectivity index (χ3v) is 8.19. The summed E-state index contributed by atoms with van der Waals surface area (Å²) in [6.45, 7) is 4.95. The van der Waals surface area contributed by atoms with E-state index in [4.69, 9.17) is 16.3 Å². The summed E-state index contributed by atoms with van der Waals surface area (Å²) in [7, 11) is 0. The molecular formula is C22H26ClN3O3S2. The number of benzene rings is 1. The fourth-order valence-electron chi connectivity index (χ4n) is 3.84. The minimum absolute atomic E-state index is 0.103. The van der Waals surface area contributed by atoms with Crippen LogP contribution in [-0.2, 0) is 9.53 Å². The molecule has 0 saturated carbocycles. The van der Waals surface area contributed by atoms with Crippen molar-refractivity contribution >= 4 is 46.5 Å². The normalized spacial score (nSPS) is 21.9. The lowest BCUT2D eigenvalue weighted by Crippen LogP contribution is -2.48. The van der Waals surface area contributed by atoms with Crippen LogP contribution in [0, 0.1) is 0 Å². The average Bonchev–Trinajstić information content (AvgIpc) is 3.47. The van der Waals surface area contributed by atoms with E-state index in [1.807, 2.05) is 17.5 Å². The molecule has 1 N–H and O–H groups in total. The highest BCUT2D eigenvalue weighted by molar-refractivity contribution is 7.99. The van der Waals surface area contributed by atoms with Gasteiger partial charge in [0.25, 0.3) is 5.91 Å². The summed E-state index contributed by atoms with van der Waals surface area (Å²) in [5, 5.41) is 5.26. The number of amides is 2. The summed E-state index contributed by atoms with van der Waals surface area (Å²) >= 11 is 9.53. The molecule has 31 heavy (non-hydrogen) atoms. The van der Waals surface area contributed by atoms with Gasteiger partial charge in [-0.1, -0.05) is 29.8 Å². The second kappa shape index (κ2) is 10.8. The fourth-order valence-corrected chi connectivity index (χ4v) is 6.45. The maximum atomic E-state index is 13.5. The Morgan fingerprint density at radius 1 is 1.16 bits per heavy atom. The first-order valence-electron chi connectivity index (χ1n) is 10.4. The number of ether oxygens (including phenoxy) is 1. The van der Waals surface area contributed by atoms with Crippen LogP contribution in [0.3, 0.4) is 0 Å². The number of halogens is 1. The number of thioether (sulfide) groups is 1. The monoisotopic (exact) mass is 479 g/mol. The number of nitrogens with one attached hydrogen (secondary N) is 1. The lowest BCUT2D eigenvalue weighted by Gasteiger charge is -2.29. The molecule has 6 nitrogen and oxygen atoms in total. The quantitative estimate of drug-likeness (QED) is 0.616. The summed E-state index contributed by atoms with van der Waals surface area (Å²) in [5.74, 6) is 0.255. The fraction of sp³-hybridized carbons (Fsp3) is 0.455. The Morgan fingerprint density at radius 3 is 2.71 bits per heavy atom. The molecule has 1 aromatic heterocycles. The summed E-state index contributed by atoms with van der Waals surface area (Å²) < 4.78 is 5.37. The smallest absolute Gasteiger partial charge is 0.257 e. The molecule has 166 valence electrons. The van der Waals surface area contributed by atoms with Crippen LogP contribution in [0.15, 0.2) is 41.8 Å². The molecule has 0 radical (unpaired) electrons. The van der Waals surface area contributed by atoms with E-state index < -0.39 is 6.04 Å². The standard InChI is InChI=1S/C22H26ClN3O3S2/c23-17-6-2-1-5-16(17)21(28)26-18(15-31-22(26)19-7-3-14-30-19)20(27)24-8-4-9-25-10-12-29-13-11-25/h1-3,5-7,14,18,22H,4,8-13,15H2,(H,24,27). The van der Waals surface area contributed by atoms with Crippen molar-refractivity contribution in [3.8, 4) is 0 Å². The van der Waals surface area contributed by atoms with E-state index in [1.165, 1.54) is 0 Å². The molecule has 3 heterocycles. The first-order valence-corrected chi connectivity index (χ1v) is 12.8. The van der Waals surface area contributed by atoms with E-state index in [0.717, 1.165) is 44.1 Å². The van der Waals surface area contributed by atoms with Crippen molar-refractivity contribution in [2.24, 2.45) is 0 Å². The van der Waals surface area contributed by atoms with E-state index in [-0.39, 0.29) is 17.2 Å². The molecule has 2 amide bonds. The predicted octanol–water partition coefficient (Wildman–Crippen LogP) is 3.50. The lowest BCUT2D eigenvalue weighted by atomic mass is 10.1. The molecule has 2 aliphatic rings. The summed E-state index contributed by atoms with van der Waals surface area (Å²) in [5.41, 5.74) is 0.429. The van der Waals surface area contributed by atoms with Gasteiger partial charge < -0.3 is 15.0 Å². The van der Waals surface area contributed by atoms with Gasteiger partial charge in [0.2, 0.25) is 5.91 Å². The summed E-state index contributed by atoms with van der Waals surface area (Å²) in [4.78, 5) is 31.6. The Balaban J connectivity index is 1.43. The Bertz CT molecular complexity index is 890. The van der Waals surface area contributed by atoms with E-state index in [0.29, 0.717) is 22.9 Å². The summed E-state index contributed by atoms with van der Waals surface area (Å²) in [6, 6.07) is 10.5. The molecule has 0 spiro atoms. The number of thiophene rings is 1. The van der Waals surface area contributed by atoms with E-state index in [9.17, 15) is 9.59 Å². The Labute approximate surface area is 195 Å². The number of carbonyl (C=O) groups excluding carboxylic acids is 2. The van der Waals surface area contributed by atoms with Crippen molar-refractivity contribution in [1.82, 2.24) is 15.1 Å². The van der Waals surface area contributed by atoms with E-state index in [1.54, 1.807) is 52.3 Å². The molecule has 0 bridgehead atoms. The zero-order valence-electron chi connectivity index (χ0n) is 17.2. The van der Waals surface area contributed by atoms with E-state index in [2.05, 4.69) is 10.2 Å². The van der Waals surface area contributed by atoms with Gasteiger partial charge in [-0.3, -0.25) is 14.5 Å². The van der Waals surface area contributed by atoms with Gasteiger partial charge in [-0.2, -0.15) is 0 Å². The zero-order chi connectivity index (χ0) is 21.6. The number of rotatable bonds is 7. The van der Waals surface area contributed by atoms with Gasteiger partial charge in [0, 0.05) is 30.3 Å². The Morgan fingerprint density at radius 2 is 1.97 bits per heavy atom. The van der Waals surface area contributed by atoms with Crippen LogP contribution in [0.25, 0.3) is 0 Å². The Hall–Kier alpha value is -1.58. The van der Waals surface area contributed by atoms with Gasteiger partial charge in [0.1, 0.15) is 11.4 Å².